The third-order valence-electron chi connectivity index (χ3n) is 4.93. The molecule has 2 rings (SSSR count). The minimum atomic E-state index is -1.10. The van der Waals surface area contributed by atoms with Gasteiger partial charge in [-0.3, -0.25) is 9.59 Å². The van der Waals surface area contributed by atoms with Crippen LogP contribution in [0, 0.1) is 17.6 Å². The highest BCUT2D eigenvalue weighted by Gasteiger charge is 2.36. The second kappa shape index (κ2) is 8.45. The van der Waals surface area contributed by atoms with E-state index in [1.54, 1.807) is 13.8 Å². The Bertz CT molecular complexity index is 738. The third kappa shape index (κ3) is 4.61. The largest absolute Gasteiger partial charge is 0.480 e. The van der Waals surface area contributed by atoms with Gasteiger partial charge in [0, 0.05) is 38.0 Å². The molecular formula is C19H24F2N2O4. The number of carbonyl (C=O) groups excluding carboxylic acids is 2. The normalized spacial score (nSPS) is 18.1. The lowest BCUT2D eigenvalue weighted by Gasteiger charge is -2.31. The zero-order chi connectivity index (χ0) is 20.3. The number of carboxylic acid groups (broad SMARTS) is 1. The van der Waals surface area contributed by atoms with Crippen LogP contribution in [-0.2, 0) is 20.9 Å². The fourth-order valence-corrected chi connectivity index (χ4v) is 3.48. The van der Waals surface area contributed by atoms with Gasteiger partial charge in [-0.05, 0) is 18.4 Å². The maximum Gasteiger partial charge on any atom is 0.326 e. The van der Waals surface area contributed by atoms with Crippen LogP contribution in [0.1, 0.15) is 38.7 Å². The molecule has 1 fully saturated rings. The summed E-state index contributed by atoms with van der Waals surface area (Å²) in [6.45, 7) is 3.29. The standard InChI is InChI=1S/C19H24F2N2O4/c1-11(2)18(19(26)27)22(3)16(25)9-13-7-8-15(24)23(13)10-12-5-4-6-14(20)17(12)21/h4-6,11,13,18H,7-10H2,1-3H3,(H,26,27)/t13-,18-/m0/s1. The molecule has 1 N–H and O–H groups in total. The summed E-state index contributed by atoms with van der Waals surface area (Å²) in [6.07, 6.45) is 0.565. The molecule has 2 atom stereocenters. The molecule has 0 spiro atoms. The average molecular weight is 382 g/mol. The van der Waals surface area contributed by atoms with Crippen LogP contribution in [0.5, 0.6) is 0 Å². The monoisotopic (exact) mass is 382 g/mol. The van der Waals surface area contributed by atoms with E-state index in [0.717, 1.165) is 6.07 Å². The van der Waals surface area contributed by atoms with Crippen molar-refractivity contribution in [3.8, 4) is 0 Å². The molecule has 0 aromatic heterocycles. The van der Waals surface area contributed by atoms with Crippen molar-refractivity contribution in [1.82, 2.24) is 9.80 Å². The Labute approximate surface area is 156 Å². The van der Waals surface area contributed by atoms with Gasteiger partial charge < -0.3 is 14.9 Å². The Hall–Kier alpha value is -2.51. The van der Waals surface area contributed by atoms with E-state index in [4.69, 9.17) is 0 Å². The van der Waals surface area contributed by atoms with E-state index in [9.17, 15) is 28.3 Å². The van der Waals surface area contributed by atoms with E-state index in [1.807, 2.05) is 0 Å². The van der Waals surface area contributed by atoms with Crippen molar-refractivity contribution in [2.24, 2.45) is 5.92 Å². The quantitative estimate of drug-likeness (QED) is 0.786. The van der Waals surface area contributed by atoms with E-state index in [0.29, 0.717) is 6.42 Å². The molecule has 6 nitrogen and oxygen atoms in total. The number of halogens is 2. The summed E-state index contributed by atoms with van der Waals surface area (Å²) in [5.41, 5.74) is 0.0432. The van der Waals surface area contributed by atoms with Gasteiger partial charge in [0.15, 0.2) is 11.6 Å². The van der Waals surface area contributed by atoms with Crippen molar-refractivity contribution in [2.75, 3.05) is 7.05 Å². The van der Waals surface area contributed by atoms with Crippen LogP contribution in [0.25, 0.3) is 0 Å². The predicted molar refractivity (Wildman–Crippen MR) is 93.6 cm³/mol. The number of hydrogen-bond acceptors (Lipinski definition) is 3. The highest BCUT2D eigenvalue weighted by atomic mass is 19.2. The molecule has 1 aliphatic heterocycles. The SMILES string of the molecule is CC(C)[C@@H](C(=O)O)N(C)C(=O)C[C@@H]1CCC(=O)N1Cc1cccc(F)c1F. The molecule has 2 amide bonds. The summed E-state index contributed by atoms with van der Waals surface area (Å²) in [7, 11) is 1.43. The predicted octanol–water partition coefficient (Wildman–Crippen LogP) is 2.41. The summed E-state index contributed by atoms with van der Waals surface area (Å²) >= 11 is 0. The molecule has 1 aromatic rings. The maximum atomic E-state index is 13.9. The Morgan fingerprint density at radius 2 is 2.00 bits per heavy atom. The molecule has 1 aliphatic rings. The molecule has 0 bridgehead atoms. The number of carboxylic acids is 1. The van der Waals surface area contributed by atoms with E-state index >= 15 is 0 Å². The van der Waals surface area contributed by atoms with Gasteiger partial charge in [0.05, 0.1) is 0 Å². The maximum absolute atomic E-state index is 13.9. The highest BCUT2D eigenvalue weighted by molar-refractivity contribution is 5.85. The first-order valence-electron chi connectivity index (χ1n) is 8.84. The topological polar surface area (TPSA) is 77.9 Å². The lowest BCUT2D eigenvalue weighted by molar-refractivity contribution is -0.151. The number of likely N-dealkylation sites (tertiary alicyclic amines) is 1. The molecule has 27 heavy (non-hydrogen) atoms. The smallest absolute Gasteiger partial charge is 0.326 e. The average Bonchev–Trinajstić information content (AvgIpc) is 2.91. The van der Waals surface area contributed by atoms with Crippen molar-refractivity contribution in [2.45, 2.75) is 51.7 Å². The second-order valence-electron chi connectivity index (χ2n) is 7.16. The minimum Gasteiger partial charge on any atom is -0.480 e. The summed E-state index contributed by atoms with van der Waals surface area (Å²) in [5.74, 6) is -4.02. The Kier molecular flexibility index (Phi) is 6.51. The molecule has 1 saturated heterocycles. The van der Waals surface area contributed by atoms with E-state index < -0.39 is 35.6 Å². The summed E-state index contributed by atoms with van der Waals surface area (Å²) in [6, 6.07) is 2.32. The van der Waals surface area contributed by atoms with Gasteiger partial charge in [-0.15, -0.1) is 0 Å². The van der Waals surface area contributed by atoms with Gasteiger partial charge in [0.25, 0.3) is 0 Å². The number of rotatable bonds is 7. The third-order valence-corrected chi connectivity index (χ3v) is 4.93. The zero-order valence-corrected chi connectivity index (χ0v) is 15.6. The first-order valence-corrected chi connectivity index (χ1v) is 8.84. The summed E-state index contributed by atoms with van der Waals surface area (Å²) < 4.78 is 27.3. The van der Waals surface area contributed by atoms with E-state index in [-0.39, 0.29) is 36.8 Å². The Balaban J connectivity index is 2.12. The zero-order valence-electron chi connectivity index (χ0n) is 15.6. The second-order valence-corrected chi connectivity index (χ2v) is 7.16. The van der Waals surface area contributed by atoms with Crippen molar-refractivity contribution < 1.29 is 28.3 Å². The molecule has 0 radical (unpaired) electrons. The van der Waals surface area contributed by atoms with Crippen LogP contribution in [0.2, 0.25) is 0 Å². The van der Waals surface area contributed by atoms with Gasteiger partial charge in [0.2, 0.25) is 11.8 Å². The molecule has 1 aromatic carbocycles. The van der Waals surface area contributed by atoms with Crippen molar-refractivity contribution >= 4 is 17.8 Å². The minimum absolute atomic E-state index is 0.0432. The van der Waals surface area contributed by atoms with Crippen LogP contribution in [0.3, 0.4) is 0 Å². The van der Waals surface area contributed by atoms with Gasteiger partial charge in [0.1, 0.15) is 6.04 Å². The van der Waals surface area contributed by atoms with Gasteiger partial charge >= 0.3 is 5.97 Å². The Morgan fingerprint density at radius 3 is 2.59 bits per heavy atom. The number of hydrogen-bond donors (Lipinski definition) is 1. The van der Waals surface area contributed by atoms with Gasteiger partial charge in [-0.25, -0.2) is 13.6 Å². The number of likely N-dealkylation sites (N-methyl/N-ethyl adjacent to an activating group) is 1. The Morgan fingerprint density at radius 1 is 1.33 bits per heavy atom. The van der Waals surface area contributed by atoms with E-state index in [2.05, 4.69) is 0 Å². The molecule has 148 valence electrons. The van der Waals surface area contributed by atoms with Gasteiger partial charge in [-0.1, -0.05) is 26.0 Å². The van der Waals surface area contributed by atoms with Crippen LogP contribution >= 0.6 is 0 Å². The number of nitrogens with zero attached hydrogens (tertiary/aromatic N) is 2. The van der Waals surface area contributed by atoms with Crippen LogP contribution in [-0.4, -0.2) is 51.8 Å². The summed E-state index contributed by atoms with van der Waals surface area (Å²) in [4.78, 5) is 38.7. The summed E-state index contributed by atoms with van der Waals surface area (Å²) in [5, 5.41) is 9.33. The first kappa shape index (κ1) is 20.8. The lowest BCUT2D eigenvalue weighted by atomic mass is 10.0. The molecule has 8 heteroatoms. The van der Waals surface area contributed by atoms with Crippen molar-refractivity contribution in [3.05, 3.63) is 35.4 Å². The first-order chi connectivity index (χ1) is 12.6. The molecule has 1 heterocycles. The van der Waals surface area contributed by atoms with Gasteiger partial charge in [-0.2, -0.15) is 0 Å². The van der Waals surface area contributed by atoms with Crippen molar-refractivity contribution in [1.29, 1.82) is 0 Å². The highest BCUT2D eigenvalue weighted by Crippen LogP contribution is 2.26. The van der Waals surface area contributed by atoms with Crippen molar-refractivity contribution in [3.63, 3.8) is 0 Å². The van der Waals surface area contributed by atoms with Crippen LogP contribution in [0.4, 0.5) is 8.78 Å². The molecular weight excluding hydrogens is 358 g/mol. The number of amides is 2. The molecule has 0 aliphatic carbocycles. The fourth-order valence-electron chi connectivity index (χ4n) is 3.48. The number of carbonyl (C=O) groups is 3. The van der Waals surface area contributed by atoms with E-state index in [1.165, 1.54) is 29.0 Å². The lowest BCUT2D eigenvalue weighted by Crippen LogP contribution is -2.47. The molecule has 0 unspecified atom stereocenters. The van der Waals surface area contributed by atoms with Crippen LogP contribution < -0.4 is 0 Å². The fraction of sp³-hybridized carbons (Fsp3) is 0.526. The molecule has 0 saturated carbocycles. The number of aliphatic carboxylic acids is 1. The van der Waals surface area contributed by atoms with Crippen LogP contribution in [0.15, 0.2) is 18.2 Å². The number of benzene rings is 1.